The van der Waals surface area contributed by atoms with Crippen LogP contribution in [0.15, 0.2) is 0 Å². The summed E-state index contributed by atoms with van der Waals surface area (Å²) in [6, 6.07) is 1.95. The molecule has 0 bridgehead atoms. The zero-order chi connectivity index (χ0) is 10.7. The molecule has 2 unspecified atom stereocenters. The van der Waals surface area contributed by atoms with Gasteiger partial charge in [-0.3, -0.25) is 4.79 Å². The monoisotopic (exact) mass is 206 g/mol. The standard InChI is InChI=1S/C12H18N2O/c13-7-5-12(15)14-8-6-10-3-1-2-4-11(10)9-14/h10-11H,1-6,8-9H2. The second kappa shape index (κ2) is 4.65. The Labute approximate surface area is 91.1 Å². The molecule has 1 saturated carbocycles. The van der Waals surface area contributed by atoms with Gasteiger partial charge in [0, 0.05) is 13.1 Å². The first-order valence-electron chi connectivity index (χ1n) is 5.96. The van der Waals surface area contributed by atoms with Gasteiger partial charge >= 0.3 is 0 Å². The number of nitrogens with zero attached hydrogens (tertiary/aromatic N) is 2. The topological polar surface area (TPSA) is 44.1 Å². The van der Waals surface area contributed by atoms with Crippen molar-refractivity contribution in [3.05, 3.63) is 0 Å². The third-order valence-corrected chi connectivity index (χ3v) is 3.87. The molecule has 2 rings (SSSR count). The maximum absolute atomic E-state index is 11.6. The van der Waals surface area contributed by atoms with Crippen LogP contribution in [0.5, 0.6) is 0 Å². The first kappa shape index (κ1) is 10.5. The number of hydrogen-bond donors (Lipinski definition) is 0. The molecule has 82 valence electrons. The van der Waals surface area contributed by atoms with E-state index in [9.17, 15) is 4.79 Å². The minimum atomic E-state index is 0.0292. The third-order valence-electron chi connectivity index (χ3n) is 3.87. The van der Waals surface area contributed by atoms with Gasteiger partial charge in [-0.1, -0.05) is 19.3 Å². The van der Waals surface area contributed by atoms with E-state index in [1.54, 1.807) is 0 Å². The van der Waals surface area contributed by atoms with E-state index in [1.165, 1.54) is 25.7 Å². The van der Waals surface area contributed by atoms with Crippen LogP contribution in [-0.2, 0) is 4.79 Å². The maximum atomic E-state index is 11.6. The lowest BCUT2D eigenvalue weighted by molar-refractivity contribution is -0.133. The lowest BCUT2D eigenvalue weighted by Gasteiger charge is -2.41. The van der Waals surface area contributed by atoms with E-state index in [-0.39, 0.29) is 12.3 Å². The summed E-state index contributed by atoms with van der Waals surface area (Å²) < 4.78 is 0. The molecule has 2 fully saturated rings. The van der Waals surface area contributed by atoms with E-state index in [0.29, 0.717) is 0 Å². The maximum Gasteiger partial charge on any atom is 0.236 e. The normalized spacial score (nSPS) is 30.5. The summed E-state index contributed by atoms with van der Waals surface area (Å²) in [6.45, 7) is 1.78. The number of amides is 1. The van der Waals surface area contributed by atoms with Crippen LogP contribution >= 0.6 is 0 Å². The number of rotatable bonds is 1. The number of likely N-dealkylation sites (tertiary alicyclic amines) is 1. The quantitative estimate of drug-likeness (QED) is 0.658. The summed E-state index contributed by atoms with van der Waals surface area (Å²) in [5.74, 6) is 1.60. The molecule has 0 N–H and O–H groups in total. The van der Waals surface area contributed by atoms with Gasteiger partial charge in [-0.05, 0) is 24.7 Å². The molecule has 0 spiro atoms. The minimum absolute atomic E-state index is 0.0292. The Morgan fingerprint density at radius 1 is 1.27 bits per heavy atom. The van der Waals surface area contributed by atoms with Gasteiger partial charge < -0.3 is 4.90 Å². The van der Waals surface area contributed by atoms with Crippen molar-refractivity contribution < 1.29 is 4.79 Å². The van der Waals surface area contributed by atoms with E-state index in [2.05, 4.69) is 0 Å². The van der Waals surface area contributed by atoms with Crippen molar-refractivity contribution >= 4 is 5.91 Å². The molecular formula is C12H18N2O. The lowest BCUT2D eigenvalue weighted by Crippen LogP contribution is -2.44. The number of carbonyl (C=O) groups excluding carboxylic acids is 1. The Kier molecular flexibility index (Phi) is 3.25. The highest BCUT2D eigenvalue weighted by atomic mass is 16.2. The predicted molar refractivity (Wildman–Crippen MR) is 56.9 cm³/mol. The largest absolute Gasteiger partial charge is 0.342 e. The molecule has 1 heterocycles. The fraction of sp³-hybridized carbons (Fsp3) is 0.833. The van der Waals surface area contributed by atoms with Gasteiger partial charge in [0.1, 0.15) is 6.42 Å². The predicted octanol–water partition coefficient (Wildman–Crippen LogP) is 1.94. The SMILES string of the molecule is N#CCC(=O)N1CCC2CCCCC2C1. The molecule has 1 aliphatic heterocycles. The van der Waals surface area contributed by atoms with Crippen LogP contribution in [0.3, 0.4) is 0 Å². The molecule has 15 heavy (non-hydrogen) atoms. The zero-order valence-electron chi connectivity index (χ0n) is 9.11. The Morgan fingerprint density at radius 3 is 2.73 bits per heavy atom. The smallest absolute Gasteiger partial charge is 0.236 e. The molecule has 0 aromatic carbocycles. The van der Waals surface area contributed by atoms with Crippen LogP contribution in [0, 0.1) is 23.2 Å². The Hall–Kier alpha value is -1.04. The summed E-state index contributed by atoms with van der Waals surface area (Å²) in [4.78, 5) is 13.5. The van der Waals surface area contributed by atoms with Gasteiger partial charge in [0.05, 0.1) is 6.07 Å². The van der Waals surface area contributed by atoms with Gasteiger partial charge in [0.15, 0.2) is 0 Å². The number of fused-ring (bicyclic) bond motifs is 1. The van der Waals surface area contributed by atoms with Gasteiger partial charge in [-0.25, -0.2) is 0 Å². The molecule has 0 aromatic heterocycles. The molecule has 0 radical (unpaired) electrons. The van der Waals surface area contributed by atoms with Crippen molar-refractivity contribution in [3.63, 3.8) is 0 Å². The number of piperidine rings is 1. The van der Waals surface area contributed by atoms with Crippen molar-refractivity contribution in [3.8, 4) is 6.07 Å². The summed E-state index contributed by atoms with van der Waals surface area (Å²) in [6.07, 6.45) is 6.53. The Bertz CT molecular complexity index is 282. The van der Waals surface area contributed by atoms with Crippen LogP contribution in [0.2, 0.25) is 0 Å². The highest BCUT2D eigenvalue weighted by molar-refractivity contribution is 5.78. The van der Waals surface area contributed by atoms with Crippen LogP contribution in [-0.4, -0.2) is 23.9 Å². The van der Waals surface area contributed by atoms with Crippen molar-refractivity contribution in [1.29, 1.82) is 5.26 Å². The van der Waals surface area contributed by atoms with E-state index in [4.69, 9.17) is 5.26 Å². The number of carbonyl (C=O) groups is 1. The van der Waals surface area contributed by atoms with Crippen LogP contribution in [0.4, 0.5) is 0 Å². The average Bonchev–Trinajstić information content (AvgIpc) is 2.29. The van der Waals surface area contributed by atoms with Crippen molar-refractivity contribution in [2.45, 2.75) is 38.5 Å². The van der Waals surface area contributed by atoms with E-state index >= 15 is 0 Å². The summed E-state index contributed by atoms with van der Waals surface area (Å²) >= 11 is 0. The van der Waals surface area contributed by atoms with Crippen LogP contribution in [0.25, 0.3) is 0 Å². The third kappa shape index (κ3) is 2.31. The van der Waals surface area contributed by atoms with Crippen molar-refractivity contribution in [1.82, 2.24) is 4.90 Å². The second-order valence-corrected chi connectivity index (χ2v) is 4.77. The zero-order valence-corrected chi connectivity index (χ0v) is 9.11. The molecule has 1 aliphatic carbocycles. The molecule has 2 atom stereocenters. The molecule has 1 saturated heterocycles. The highest BCUT2D eigenvalue weighted by Crippen LogP contribution is 2.36. The van der Waals surface area contributed by atoms with Crippen molar-refractivity contribution in [2.75, 3.05) is 13.1 Å². The van der Waals surface area contributed by atoms with E-state index < -0.39 is 0 Å². The number of nitriles is 1. The summed E-state index contributed by atoms with van der Waals surface area (Å²) in [7, 11) is 0. The fourth-order valence-electron chi connectivity index (χ4n) is 3.01. The van der Waals surface area contributed by atoms with Gasteiger partial charge in [0.25, 0.3) is 0 Å². The van der Waals surface area contributed by atoms with Crippen LogP contribution < -0.4 is 0 Å². The molecule has 3 nitrogen and oxygen atoms in total. The molecule has 1 amide bonds. The van der Waals surface area contributed by atoms with Crippen LogP contribution in [0.1, 0.15) is 38.5 Å². The van der Waals surface area contributed by atoms with Gasteiger partial charge in [-0.15, -0.1) is 0 Å². The number of hydrogen-bond acceptors (Lipinski definition) is 2. The van der Waals surface area contributed by atoms with Gasteiger partial charge in [-0.2, -0.15) is 5.26 Å². The van der Waals surface area contributed by atoms with Crippen molar-refractivity contribution in [2.24, 2.45) is 11.8 Å². The molecular weight excluding hydrogens is 188 g/mol. The van der Waals surface area contributed by atoms with E-state index in [0.717, 1.165) is 31.3 Å². The molecule has 3 heteroatoms. The Balaban J connectivity index is 1.91. The molecule has 2 aliphatic rings. The minimum Gasteiger partial charge on any atom is -0.342 e. The second-order valence-electron chi connectivity index (χ2n) is 4.77. The lowest BCUT2D eigenvalue weighted by atomic mass is 9.75. The summed E-state index contributed by atoms with van der Waals surface area (Å²) in [5.41, 5.74) is 0. The first-order chi connectivity index (χ1) is 7.31. The Morgan fingerprint density at radius 2 is 2.00 bits per heavy atom. The fourth-order valence-corrected chi connectivity index (χ4v) is 3.01. The summed E-state index contributed by atoms with van der Waals surface area (Å²) in [5, 5.41) is 8.50. The average molecular weight is 206 g/mol. The van der Waals surface area contributed by atoms with Gasteiger partial charge in [0.2, 0.25) is 5.91 Å². The highest BCUT2D eigenvalue weighted by Gasteiger charge is 2.32. The first-order valence-corrected chi connectivity index (χ1v) is 5.96. The molecule has 0 aromatic rings. The van der Waals surface area contributed by atoms with E-state index in [1.807, 2.05) is 11.0 Å².